The van der Waals surface area contributed by atoms with Crippen LogP contribution in [0.5, 0.6) is 0 Å². The third-order valence-electron chi connectivity index (χ3n) is 2.78. The summed E-state index contributed by atoms with van der Waals surface area (Å²) >= 11 is 6.05. The molecule has 2 rings (SSSR count). The van der Waals surface area contributed by atoms with Gasteiger partial charge >= 0.3 is 0 Å². The van der Waals surface area contributed by atoms with Gasteiger partial charge in [-0.3, -0.25) is 4.79 Å². The van der Waals surface area contributed by atoms with Crippen molar-refractivity contribution in [2.24, 2.45) is 0 Å². The number of hydrogen-bond donors (Lipinski definition) is 1. The molecule has 17 heavy (non-hydrogen) atoms. The molecule has 0 unspecified atom stereocenters. The van der Waals surface area contributed by atoms with E-state index in [1.807, 2.05) is 32.9 Å². The van der Waals surface area contributed by atoms with Gasteiger partial charge in [0, 0.05) is 16.3 Å². The van der Waals surface area contributed by atoms with E-state index in [1.165, 1.54) is 0 Å². The van der Waals surface area contributed by atoms with Crippen LogP contribution in [0.1, 0.15) is 17.0 Å². The molecule has 0 aliphatic rings. The van der Waals surface area contributed by atoms with Gasteiger partial charge in [0.1, 0.15) is 5.69 Å². The van der Waals surface area contributed by atoms with Gasteiger partial charge in [-0.15, -0.1) is 0 Å². The molecular formula is C13H13ClN2O. The van der Waals surface area contributed by atoms with Crippen LogP contribution in [0.3, 0.4) is 0 Å². The van der Waals surface area contributed by atoms with Crippen LogP contribution in [0.15, 0.2) is 23.0 Å². The number of benzene rings is 1. The second-order valence-electron chi connectivity index (χ2n) is 4.09. The fourth-order valence-electron chi connectivity index (χ4n) is 1.56. The van der Waals surface area contributed by atoms with Crippen LogP contribution < -0.4 is 5.56 Å². The number of aryl methyl sites for hydroxylation is 3. The molecule has 88 valence electrons. The second kappa shape index (κ2) is 4.34. The number of aromatic nitrogens is 2. The Morgan fingerprint density at radius 3 is 2.59 bits per heavy atom. The van der Waals surface area contributed by atoms with Crippen LogP contribution in [0.4, 0.5) is 0 Å². The van der Waals surface area contributed by atoms with Gasteiger partial charge in [0.05, 0.1) is 5.69 Å². The third kappa shape index (κ3) is 2.24. The van der Waals surface area contributed by atoms with E-state index in [9.17, 15) is 4.79 Å². The average Bonchev–Trinajstić information content (AvgIpc) is 2.27. The van der Waals surface area contributed by atoms with Gasteiger partial charge in [-0.05, 0) is 32.4 Å². The quantitative estimate of drug-likeness (QED) is 0.843. The fraction of sp³-hybridized carbons (Fsp3) is 0.231. The van der Waals surface area contributed by atoms with Crippen molar-refractivity contribution >= 4 is 11.6 Å². The fourth-order valence-corrected chi connectivity index (χ4v) is 1.74. The van der Waals surface area contributed by atoms with E-state index in [4.69, 9.17) is 11.6 Å². The lowest BCUT2D eigenvalue weighted by Gasteiger charge is -2.05. The summed E-state index contributed by atoms with van der Waals surface area (Å²) in [6.07, 6.45) is 0. The predicted molar refractivity (Wildman–Crippen MR) is 69.5 cm³/mol. The molecule has 1 heterocycles. The number of halogens is 1. The van der Waals surface area contributed by atoms with Gasteiger partial charge in [-0.25, -0.2) is 4.98 Å². The largest absolute Gasteiger partial charge is 0.323 e. The highest BCUT2D eigenvalue weighted by molar-refractivity contribution is 6.31. The minimum atomic E-state index is -0.187. The molecule has 4 heteroatoms. The maximum absolute atomic E-state index is 11.8. The summed E-state index contributed by atoms with van der Waals surface area (Å²) < 4.78 is 0. The number of nitrogens with zero attached hydrogens (tertiary/aromatic N) is 1. The summed E-state index contributed by atoms with van der Waals surface area (Å²) in [4.78, 5) is 18.9. The molecule has 0 saturated heterocycles. The van der Waals surface area contributed by atoms with Crippen molar-refractivity contribution in [2.75, 3.05) is 0 Å². The molecule has 3 nitrogen and oxygen atoms in total. The Kier molecular flexibility index (Phi) is 3.03. The summed E-state index contributed by atoms with van der Waals surface area (Å²) in [7, 11) is 0. The standard InChI is InChI=1S/C13H13ClN2O/c1-7-4-5-10(6-11(7)14)12-13(17)16-9(3)8(2)15-12/h4-6H,1-3H3,(H,16,17). The molecule has 0 spiro atoms. The minimum Gasteiger partial charge on any atom is -0.323 e. The normalized spacial score (nSPS) is 10.6. The Labute approximate surface area is 104 Å². The first-order valence-electron chi connectivity index (χ1n) is 5.33. The average molecular weight is 249 g/mol. The SMILES string of the molecule is Cc1ccc(-c2nc(C)c(C)[nH]c2=O)cc1Cl. The number of H-pyrrole nitrogens is 1. The van der Waals surface area contributed by atoms with Crippen molar-refractivity contribution in [1.82, 2.24) is 9.97 Å². The molecule has 0 saturated carbocycles. The van der Waals surface area contributed by atoms with Gasteiger partial charge in [0.15, 0.2) is 0 Å². The maximum atomic E-state index is 11.8. The van der Waals surface area contributed by atoms with Crippen molar-refractivity contribution < 1.29 is 0 Å². The van der Waals surface area contributed by atoms with E-state index in [0.29, 0.717) is 10.7 Å². The number of rotatable bonds is 1. The van der Waals surface area contributed by atoms with Crippen molar-refractivity contribution in [3.63, 3.8) is 0 Å². The smallest absolute Gasteiger partial charge is 0.274 e. The van der Waals surface area contributed by atoms with Crippen LogP contribution in [0, 0.1) is 20.8 Å². The molecule has 1 aromatic heterocycles. The van der Waals surface area contributed by atoms with Crippen molar-refractivity contribution in [1.29, 1.82) is 0 Å². The zero-order valence-electron chi connectivity index (χ0n) is 9.97. The highest BCUT2D eigenvalue weighted by Crippen LogP contribution is 2.22. The van der Waals surface area contributed by atoms with Crippen LogP contribution >= 0.6 is 11.6 Å². The first kappa shape index (κ1) is 11.9. The van der Waals surface area contributed by atoms with Crippen molar-refractivity contribution in [2.45, 2.75) is 20.8 Å². The Morgan fingerprint density at radius 1 is 1.24 bits per heavy atom. The first-order valence-corrected chi connectivity index (χ1v) is 5.71. The highest BCUT2D eigenvalue weighted by atomic mass is 35.5. The van der Waals surface area contributed by atoms with Crippen LogP contribution in [0.25, 0.3) is 11.3 Å². The van der Waals surface area contributed by atoms with E-state index >= 15 is 0 Å². The highest BCUT2D eigenvalue weighted by Gasteiger charge is 2.08. The summed E-state index contributed by atoms with van der Waals surface area (Å²) in [5, 5.41) is 0.641. The molecule has 0 amide bonds. The number of aromatic amines is 1. The van der Waals surface area contributed by atoms with E-state index in [2.05, 4.69) is 9.97 Å². The summed E-state index contributed by atoms with van der Waals surface area (Å²) in [5.74, 6) is 0. The summed E-state index contributed by atoms with van der Waals surface area (Å²) in [6, 6.07) is 5.50. The number of hydrogen-bond acceptors (Lipinski definition) is 2. The maximum Gasteiger partial charge on any atom is 0.274 e. The second-order valence-corrected chi connectivity index (χ2v) is 4.50. The van der Waals surface area contributed by atoms with Crippen LogP contribution in [-0.2, 0) is 0 Å². The van der Waals surface area contributed by atoms with E-state index in [-0.39, 0.29) is 5.56 Å². The van der Waals surface area contributed by atoms with Crippen molar-refractivity contribution in [3.05, 3.63) is 50.5 Å². The zero-order valence-corrected chi connectivity index (χ0v) is 10.7. The Bertz CT molecular complexity index is 632. The van der Waals surface area contributed by atoms with Gasteiger partial charge in [-0.2, -0.15) is 0 Å². The molecule has 0 aliphatic heterocycles. The topological polar surface area (TPSA) is 45.8 Å². The Hall–Kier alpha value is -1.61. The molecule has 0 bridgehead atoms. The predicted octanol–water partition coefficient (Wildman–Crippen LogP) is 3.02. The van der Waals surface area contributed by atoms with Gasteiger partial charge in [-0.1, -0.05) is 23.7 Å². The molecule has 0 fully saturated rings. The minimum absolute atomic E-state index is 0.187. The van der Waals surface area contributed by atoms with E-state index in [1.54, 1.807) is 6.07 Å². The number of nitrogens with one attached hydrogen (secondary N) is 1. The lowest BCUT2D eigenvalue weighted by atomic mass is 10.1. The van der Waals surface area contributed by atoms with E-state index in [0.717, 1.165) is 22.5 Å². The van der Waals surface area contributed by atoms with Crippen molar-refractivity contribution in [3.8, 4) is 11.3 Å². The molecular weight excluding hydrogens is 236 g/mol. The molecule has 0 radical (unpaired) electrons. The molecule has 2 aromatic rings. The van der Waals surface area contributed by atoms with Gasteiger partial charge < -0.3 is 4.98 Å². The Morgan fingerprint density at radius 2 is 1.94 bits per heavy atom. The van der Waals surface area contributed by atoms with Gasteiger partial charge in [0.25, 0.3) is 5.56 Å². The molecule has 0 aliphatic carbocycles. The third-order valence-corrected chi connectivity index (χ3v) is 3.19. The van der Waals surface area contributed by atoms with Crippen LogP contribution in [-0.4, -0.2) is 9.97 Å². The van der Waals surface area contributed by atoms with Crippen LogP contribution in [0.2, 0.25) is 5.02 Å². The Balaban J connectivity index is 2.64. The molecule has 1 N–H and O–H groups in total. The lowest BCUT2D eigenvalue weighted by molar-refractivity contribution is 1.02. The first-order chi connectivity index (χ1) is 7.99. The lowest BCUT2D eigenvalue weighted by Crippen LogP contribution is -2.14. The zero-order chi connectivity index (χ0) is 12.6. The molecule has 0 atom stereocenters. The van der Waals surface area contributed by atoms with Gasteiger partial charge in [0.2, 0.25) is 0 Å². The summed E-state index contributed by atoms with van der Waals surface area (Å²) in [5.41, 5.74) is 3.55. The summed E-state index contributed by atoms with van der Waals surface area (Å²) in [6.45, 7) is 5.62. The van der Waals surface area contributed by atoms with E-state index < -0.39 is 0 Å². The monoisotopic (exact) mass is 248 g/mol. The molecule has 1 aromatic carbocycles.